The molecule has 0 saturated heterocycles. The number of hydrogen-bond donors (Lipinski definition) is 1. The van der Waals surface area contributed by atoms with Crippen molar-refractivity contribution in [1.29, 1.82) is 5.26 Å². The molecule has 0 spiro atoms. The number of nitrogens with zero attached hydrogens (tertiary/aromatic N) is 4. The van der Waals surface area contributed by atoms with Crippen LogP contribution in [0.1, 0.15) is 29.8 Å². The van der Waals surface area contributed by atoms with Gasteiger partial charge >= 0.3 is 0 Å². The second kappa shape index (κ2) is 7.36. The van der Waals surface area contributed by atoms with E-state index in [1.165, 1.54) is 0 Å². The molecule has 0 radical (unpaired) electrons. The Balaban J connectivity index is 1.95. The zero-order valence-electron chi connectivity index (χ0n) is 12.8. The first-order valence-electron chi connectivity index (χ1n) is 7.22. The molecule has 2 heterocycles. The normalized spacial score (nSPS) is 10.2. The van der Waals surface area contributed by atoms with Crippen molar-refractivity contribution in [1.82, 2.24) is 14.8 Å². The lowest BCUT2D eigenvalue weighted by Gasteiger charge is -2.05. The Labute approximate surface area is 129 Å². The summed E-state index contributed by atoms with van der Waals surface area (Å²) in [5, 5.41) is 15.9. The molecule has 2 aromatic rings. The van der Waals surface area contributed by atoms with E-state index < -0.39 is 0 Å². The molecule has 6 nitrogen and oxygen atoms in total. The number of nitrogens with one attached hydrogen (secondary N) is 1. The van der Waals surface area contributed by atoms with Gasteiger partial charge in [-0.3, -0.25) is 9.48 Å². The molecule has 0 aromatic carbocycles. The molecule has 0 fully saturated rings. The molecule has 1 amide bonds. The van der Waals surface area contributed by atoms with Crippen LogP contribution in [0.4, 0.5) is 5.82 Å². The smallest absolute Gasteiger partial charge is 0.225 e. The van der Waals surface area contributed by atoms with Gasteiger partial charge in [0, 0.05) is 18.3 Å². The summed E-state index contributed by atoms with van der Waals surface area (Å²) < 4.78 is 1.84. The molecule has 0 aliphatic carbocycles. The van der Waals surface area contributed by atoms with Gasteiger partial charge in [-0.15, -0.1) is 0 Å². The Morgan fingerprint density at radius 3 is 2.91 bits per heavy atom. The number of carbonyl (C=O) groups is 1. The van der Waals surface area contributed by atoms with Crippen molar-refractivity contribution in [2.24, 2.45) is 0 Å². The fourth-order valence-corrected chi connectivity index (χ4v) is 2.35. The van der Waals surface area contributed by atoms with Crippen molar-refractivity contribution in [3.63, 3.8) is 0 Å². The summed E-state index contributed by atoms with van der Waals surface area (Å²) in [7, 11) is 0. The van der Waals surface area contributed by atoms with Gasteiger partial charge in [0.25, 0.3) is 0 Å². The van der Waals surface area contributed by atoms with Gasteiger partial charge in [-0.2, -0.15) is 10.4 Å². The molecule has 0 unspecified atom stereocenters. The Morgan fingerprint density at radius 1 is 1.41 bits per heavy atom. The quantitative estimate of drug-likeness (QED) is 0.887. The van der Waals surface area contributed by atoms with Crippen LogP contribution in [0.2, 0.25) is 0 Å². The maximum Gasteiger partial charge on any atom is 0.225 e. The molecule has 22 heavy (non-hydrogen) atoms. The number of aryl methyl sites for hydroxylation is 2. The first kappa shape index (κ1) is 15.7. The summed E-state index contributed by atoms with van der Waals surface area (Å²) >= 11 is 0. The van der Waals surface area contributed by atoms with Gasteiger partial charge in [-0.25, -0.2) is 4.98 Å². The van der Waals surface area contributed by atoms with Gasteiger partial charge < -0.3 is 5.32 Å². The van der Waals surface area contributed by atoms with Crippen molar-refractivity contribution in [3.05, 3.63) is 41.3 Å². The lowest BCUT2D eigenvalue weighted by molar-refractivity contribution is -0.116. The zero-order chi connectivity index (χ0) is 15.9. The molecule has 114 valence electrons. The first-order chi connectivity index (χ1) is 10.6. The summed E-state index contributed by atoms with van der Waals surface area (Å²) in [5.41, 5.74) is 3.02. The molecule has 6 heteroatoms. The summed E-state index contributed by atoms with van der Waals surface area (Å²) in [6.45, 7) is 4.49. The van der Waals surface area contributed by atoms with Gasteiger partial charge in [0.1, 0.15) is 5.82 Å². The number of anilines is 1. The van der Waals surface area contributed by atoms with Crippen molar-refractivity contribution in [2.45, 2.75) is 39.7 Å². The Bertz CT molecular complexity index is 685. The minimum atomic E-state index is -0.0673. The average Bonchev–Trinajstić information content (AvgIpc) is 2.78. The summed E-state index contributed by atoms with van der Waals surface area (Å²) in [6, 6.07) is 7.51. The topological polar surface area (TPSA) is 83.6 Å². The molecule has 1 N–H and O–H groups in total. The Kier molecular flexibility index (Phi) is 5.26. The summed E-state index contributed by atoms with van der Waals surface area (Å²) in [6.07, 6.45) is 3.08. The molecule has 0 atom stereocenters. The van der Waals surface area contributed by atoms with E-state index in [1.54, 1.807) is 18.3 Å². The van der Waals surface area contributed by atoms with Crippen LogP contribution in [0.15, 0.2) is 24.4 Å². The second-order valence-corrected chi connectivity index (χ2v) is 5.04. The monoisotopic (exact) mass is 297 g/mol. The molecular weight excluding hydrogens is 278 g/mol. The average molecular weight is 297 g/mol. The van der Waals surface area contributed by atoms with Gasteiger partial charge in [0.2, 0.25) is 5.91 Å². The number of aromatic nitrogens is 3. The van der Waals surface area contributed by atoms with Crippen molar-refractivity contribution < 1.29 is 4.79 Å². The van der Waals surface area contributed by atoms with E-state index >= 15 is 0 Å². The van der Waals surface area contributed by atoms with Gasteiger partial charge in [-0.05, 0) is 38.0 Å². The van der Waals surface area contributed by atoms with E-state index in [4.69, 9.17) is 5.26 Å². The maximum atomic E-state index is 12.0. The molecule has 2 aromatic heterocycles. The number of rotatable bonds is 6. The Morgan fingerprint density at radius 2 is 2.23 bits per heavy atom. The number of nitriles is 1. The van der Waals surface area contributed by atoms with Crippen LogP contribution in [-0.4, -0.2) is 20.7 Å². The van der Waals surface area contributed by atoms with E-state index in [2.05, 4.69) is 21.5 Å². The summed E-state index contributed by atoms with van der Waals surface area (Å²) in [4.78, 5) is 16.0. The van der Waals surface area contributed by atoms with Crippen LogP contribution in [-0.2, 0) is 17.8 Å². The molecule has 0 bridgehead atoms. The van der Waals surface area contributed by atoms with Crippen molar-refractivity contribution >= 4 is 11.7 Å². The number of hydrogen-bond acceptors (Lipinski definition) is 4. The highest BCUT2D eigenvalue weighted by molar-refractivity contribution is 5.89. The number of pyridine rings is 1. The van der Waals surface area contributed by atoms with Crippen LogP contribution in [0.25, 0.3) is 0 Å². The lowest BCUT2D eigenvalue weighted by atomic mass is 10.1. The molecule has 2 rings (SSSR count). The van der Waals surface area contributed by atoms with Crippen LogP contribution in [0.3, 0.4) is 0 Å². The fourth-order valence-electron chi connectivity index (χ4n) is 2.35. The highest BCUT2D eigenvalue weighted by Crippen LogP contribution is 2.16. The predicted octanol–water partition coefficient (Wildman–Crippen LogP) is 2.38. The molecule has 0 aliphatic heterocycles. The standard InChI is InChI=1S/C16H19N5O/c1-12-14(13(2)21(20-12)11-5-9-17)7-8-16(22)19-15-6-3-4-10-18-15/h3-4,6,10H,5,7-8,11H2,1-2H3,(H,18,19,22). The van der Waals surface area contributed by atoms with Gasteiger partial charge in [0.15, 0.2) is 0 Å². The minimum Gasteiger partial charge on any atom is -0.311 e. The molecule has 0 saturated carbocycles. The Hall–Kier alpha value is -2.68. The maximum absolute atomic E-state index is 12.0. The van der Waals surface area contributed by atoms with E-state index in [-0.39, 0.29) is 5.91 Å². The third kappa shape index (κ3) is 3.92. The van der Waals surface area contributed by atoms with Crippen LogP contribution < -0.4 is 5.32 Å². The highest BCUT2D eigenvalue weighted by Gasteiger charge is 2.13. The first-order valence-corrected chi connectivity index (χ1v) is 7.22. The highest BCUT2D eigenvalue weighted by atomic mass is 16.1. The van der Waals surface area contributed by atoms with Crippen LogP contribution in [0.5, 0.6) is 0 Å². The lowest BCUT2D eigenvalue weighted by Crippen LogP contribution is -2.13. The summed E-state index contributed by atoms with van der Waals surface area (Å²) in [5.74, 6) is 0.493. The largest absolute Gasteiger partial charge is 0.311 e. The third-order valence-corrected chi connectivity index (χ3v) is 3.50. The SMILES string of the molecule is Cc1nn(CCC#N)c(C)c1CCC(=O)Nc1ccccn1. The van der Waals surface area contributed by atoms with E-state index in [9.17, 15) is 4.79 Å². The number of carbonyl (C=O) groups excluding carboxylic acids is 1. The van der Waals surface area contributed by atoms with Crippen molar-refractivity contribution in [2.75, 3.05) is 5.32 Å². The van der Waals surface area contributed by atoms with E-state index in [0.29, 0.717) is 31.6 Å². The zero-order valence-corrected chi connectivity index (χ0v) is 12.8. The van der Waals surface area contributed by atoms with Gasteiger partial charge in [-0.1, -0.05) is 6.07 Å². The fraction of sp³-hybridized carbons (Fsp3) is 0.375. The van der Waals surface area contributed by atoms with E-state index in [1.807, 2.05) is 24.6 Å². The molecular formula is C16H19N5O. The minimum absolute atomic E-state index is 0.0673. The predicted molar refractivity (Wildman–Crippen MR) is 83.1 cm³/mol. The van der Waals surface area contributed by atoms with E-state index in [0.717, 1.165) is 17.0 Å². The second-order valence-electron chi connectivity index (χ2n) is 5.04. The van der Waals surface area contributed by atoms with Crippen LogP contribution >= 0.6 is 0 Å². The van der Waals surface area contributed by atoms with Gasteiger partial charge in [0.05, 0.1) is 24.7 Å². The molecule has 0 aliphatic rings. The number of amides is 1. The van der Waals surface area contributed by atoms with Crippen molar-refractivity contribution in [3.8, 4) is 6.07 Å². The third-order valence-electron chi connectivity index (χ3n) is 3.50. The van der Waals surface area contributed by atoms with Crippen LogP contribution in [0, 0.1) is 25.2 Å².